The highest BCUT2D eigenvalue weighted by molar-refractivity contribution is 6.12. The fourth-order valence-electron chi connectivity index (χ4n) is 5.81. The molecule has 0 bridgehead atoms. The fraction of sp³-hybridized carbons (Fsp3) is 0.556. The summed E-state index contributed by atoms with van der Waals surface area (Å²) in [5, 5.41) is 3.36. The van der Waals surface area contributed by atoms with Crippen molar-refractivity contribution in [2.75, 3.05) is 7.11 Å². The molecule has 1 aromatic carbocycles. The summed E-state index contributed by atoms with van der Waals surface area (Å²) >= 11 is 0. The molecule has 0 saturated heterocycles. The zero-order valence-electron chi connectivity index (χ0n) is 20.1. The normalized spacial score (nSPS) is 24.2. The maximum Gasteiger partial charge on any atom is 0.416 e. The quantitative estimate of drug-likeness (QED) is 0.513. The average molecular weight is 476 g/mol. The van der Waals surface area contributed by atoms with Gasteiger partial charge < -0.3 is 10.1 Å². The third-order valence-electron chi connectivity index (χ3n) is 7.45. The van der Waals surface area contributed by atoms with Gasteiger partial charge in [-0.2, -0.15) is 13.2 Å². The second kappa shape index (κ2) is 8.99. The molecule has 4 nitrogen and oxygen atoms in total. The van der Waals surface area contributed by atoms with Crippen molar-refractivity contribution in [3.8, 4) is 0 Å². The highest BCUT2D eigenvalue weighted by atomic mass is 19.4. The van der Waals surface area contributed by atoms with Gasteiger partial charge in [0, 0.05) is 41.9 Å². The van der Waals surface area contributed by atoms with Gasteiger partial charge >= 0.3 is 6.18 Å². The van der Waals surface area contributed by atoms with Crippen molar-refractivity contribution in [3.63, 3.8) is 0 Å². The van der Waals surface area contributed by atoms with Crippen molar-refractivity contribution in [1.29, 1.82) is 0 Å². The number of alkyl halides is 3. The Bertz CT molecular complexity index is 1060. The van der Waals surface area contributed by atoms with E-state index in [1.807, 2.05) is 20.8 Å². The molecule has 4 rings (SSSR count). The van der Waals surface area contributed by atoms with Gasteiger partial charge in [-0.25, -0.2) is 0 Å². The average Bonchev–Trinajstić information content (AvgIpc) is 3.30. The van der Waals surface area contributed by atoms with E-state index in [9.17, 15) is 22.8 Å². The van der Waals surface area contributed by atoms with Crippen molar-refractivity contribution in [1.82, 2.24) is 5.32 Å². The predicted octanol–water partition coefficient (Wildman–Crippen LogP) is 6.23. The van der Waals surface area contributed by atoms with Crippen LogP contribution in [0.25, 0.3) is 0 Å². The summed E-state index contributed by atoms with van der Waals surface area (Å²) in [5.41, 5.74) is 1.32. The van der Waals surface area contributed by atoms with Crippen molar-refractivity contribution in [3.05, 3.63) is 57.9 Å². The van der Waals surface area contributed by atoms with Gasteiger partial charge in [0.2, 0.25) is 0 Å². The van der Waals surface area contributed by atoms with Crippen LogP contribution in [0.2, 0.25) is 0 Å². The molecule has 2 unspecified atom stereocenters. The monoisotopic (exact) mass is 475 g/mol. The molecule has 1 aromatic rings. The Kier molecular flexibility index (Phi) is 6.53. The number of benzene rings is 1. The first kappa shape index (κ1) is 24.7. The van der Waals surface area contributed by atoms with Gasteiger partial charge in [-0.3, -0.25) is 9.59 Å². The van der Waals surface area contributed by atoms with E-state index in [-0.39, 0.29) is 22.7 Å². The van der Waals surface area contributed by atoms with Crippen LogP contribution in [-0.2, 0) is 15.7 Å². The van der Waals surface area contributed by atoms with Gasteiger partial charge in [-0.1, -0.05) is 38.8 Å². The molecule has 1 heterocycles. The molecule has 34 heavy (non-hydrogen) atoms. The minimum Gasteiger partial charge on any atom is -0.376 e. The van der Waals surface area contributed by atoms with Crippen molar-refractivity contribution >= 4 is 11.6 Å². The van der Waals surface area contributed by atoms with E-state index in [2.05, 4.69) is 5.32 Å². The van der Waals surface area contributed by atoms with Crippen LogP contribution in [0, 0.1) is 17.3 Å². The summed E-state index contributed by atoms with van der Waals surface area (Å²) < 4.78 is 45.8. The topological polar surface area (TPSA) is 55.4 Å². The Labute approximate surface area is 198 Å². The molecule has 1 saturated carbocycles. The number of Topliss-reactive ketones (excluding diaryl/α,β-unsaturated/α-hetero) is 2. The van der Waals surface area contributed by atoms with E-state index < -0.39 is 29.5 Å². The van der Waals surface area contributed by atoms with Crippen LogP contribution in [0.1, 0.15) is 75.2 Å². The van der Waals surface area contributed by atoms with Gasteiger partial charge in [-0.05, 0) is 49.7 Å². The standard InChI is InChI=1S/C27H32F3NO3/c1-15(34-4)24-23(25(33)17-10-7-11-18(12-17)27(28,29)30)21(16-8-5-6-9-16)22-19(31-24)13-26(2,3)14-20(22)32/h7,10-12,15-16,21,31H,5-6,8-9,13-14H2,1-4H3. The molecule has 0 aromatic heterocycles. The van der Waals surface area contributed by atoms with Crippen molar-refractivity contribution < 1.29 is 27.5 Å². The number of ether oxygens (including phenoxy) is 1. The molecule has 0 radical (unpaired) electrons. The first-order valence-electron chi connectivity index (χ1n) is 11.9. The molecular formula is C27H32F3NO3. The largest absolute Gasteiger partial charge is 0.416 e. The minimum atomic E-state index is -4.55. The molecule has 1 fully saturated rings. The Morgan fingerprint density at radius 2 is 1.85 bits per heavy atom. The number of nitrogens with one attached hydrogen (secondary N) is 1. The van der Waals surface area contributed by atoms with Gasteiger partial charge in [0.15, 0.2) is 11.6 Å². The molecule has 184 valence electrons. The second-order valence-electron chi connectivity index (χ2n) is 10.6. The summed E-state index contributed by atoms with van der Waals surface area (Å²) in [5.74, 6) is -0.786. The Morgan fingerprint density at radius 1 is 1.18 bits per heavy atom. The third-order valence-corrected chi connectivity index (χ3v) is 7.45. The zero-order chi connectivity index (χ0) is 24.8. The number of dihydropyridines is 1. The minimum absolute atomic E-state index is 0.0223. The number of hydrogen-bond acceptors (Lipinski definition) is 4. The second-order valence-corrected chi connectivity index (χ2v) is 10.6. The molecule has 0 amide bonds. The fourth-order valence-corrected chi connectivity index (χ4v) is 5.81. The van der Waals surface area contributed by atoms with Crippen LogP contribution in [-0.4, -0.2) is 24.8 Å². The van der Waals surface area contributed by atoms with E-state index in [1.54, 1.807) is 0 Å². The van der Waals surface area contributed by atoms with Crippen LogP contribution in [0.3, 0.4) is 0 Å². The number of methoxy groups -OCH3 is 1. The number of carbonyl (C=O) groups excluding carboxylic acids is 2. The summed E-state index contributed by atoms with van der Waals surface area (Å²) in [6.07, 6.45) is -0.197. The number of hydrogen-bond donors (Lipinski definition) is 1. The lowest BCUT2D eigenvalue weighted by Crippen LogP contribution is -2.43. The first-order chi connectivity index (χ1) is 15.9. The van der Waals surface area contributed by atoms with E-state index in [0.717, 1.165) is 43.5 Å². The Balaban J connectivity index is 1.89. The molecule has 0 spiro atoms. The van der Waals surface area contributed by atoms with Crippen LogP contribution >= 0.6 is 0 Å². The molecule has 1 N–H and O–H groups in total. The summed E-state index contributed by atoms with van der Waals surface area (Å²) in [7, 11) is 1.54. The van der Waals surface area contributed by atoms with Crippen LogP contribution < -0.4 is 5.32 Å². The van der Waals surface area contributed by atoms with Crippen molar-refractivity contribution in [2.45, 2.75) is 71.6 Å². The summed E-state index contributed by atoms with van der Waals surface area (Å²) in [6.45, 7) is 5.91. The van der Waals surface area contributed by atoms with Crippen LogP contribution in [0.15, 0.2) is 46.8 Å². The number of rotatable bonds is 5. The maximum atomic E-state index is 13.9. The maximum absolute atomic E-state index is 13.9. The molecule has 1 aliphatic heterocycles. The van der Waals surface area contributed by atoms with Crippen molar-refractivity contribution in [2.24, 2.45) is 17.3 Å². The number of ketones is 2. The zero-order valence-corrected chi connectivity index (χ0v) is 20.1. The highest BCUT2D eigenvalue weighted by Crippen LogP contribution is 2.49. The van der Waals surface area contributed by atoms with Crippen LogP contribution in [0.4, 0.5) is 13.2 Å². The van der Waals surface area contributed by atoms with E-state index in [4.69, 9.17) is 4.74 Å². The van der Waals surface area contributed by atoms with E-state index in [0.29, 0.717) is 29.7 Å². The molecular weight excluding hydrogens is 443 g/mol. The van der Waals surface area contributed by atoms with Gasteiger partial charge in [0.05, 0.1) is 17.4 Å². The Morgan fingerprint density at radius 3 is 2.47 bits per heavy atom. The Hall–Kier alpha value is -2.41. The van der Waals surface area contributed by atoms with Gasteiger partial charge in [0.1, 0.15) is 0 Å². The van der Waals surface area contributed by atoms with Gasteiger partial charge in [-0.15, -0.1) is 0 Å². The molecule has 2 aliphatic carbocycles. The van der Waals surface area contributed by atoms with Gasteiger partial charge in [0.25, 0.3) is 0 Å². The first-order valence-corrected chi connectivity index (χ1v) is 11.9. The van der Waals surface area contributed by atoms with Crippen LogP contribution in [0.5, 0.6) is 0 Å². The molecule has 7 heteroatoms. The number of halogens is 3. The smallest absolute Gasteiger partial charge is 0.376 e. The summed E-state index contributed by atoms with van der Waals surface area (Å²) in [4.78, 5) is 27.4. The lowest BCUT2D eigenvalue weighted by atomic mass is 9.65. The van der Waals surface area contributed by atoms with E-state index >= 15 is 0 Å². The molecule has 2 atom stereocenters. The lowest BCUT2D eigenvalue weighted by molar-refractivity contribution is -0.137. The third kappa shape index (κ3) is 4.59. The summed E-state index contributed by atoms with van der Waals surface area (Å²) in [6, 6.07) is 4.55. The number of carbonyl (C=O) groups is 2. The molecule has 3 aliphatic rings. The number of allylic oxidation sites excluding steroid dienone is 3. The predicted molar refractivity (Wildman–Crippen MR) is 123 cm³/mol. The lowest BCUT2D eigenvalue weighted by Gasteiger charge is -2.42. The SMILES string of the molecule is COC(C)C1=C(C(=O)c2cccc(C(F)(F)F)c2)C(C2CCCC2)C2=C(CC(C)(C)CC2=O)N1. The van der Waals surface area contributed by atoms with E-state index in [1.165, 1.54) is 19.2 Å². The highest BCUT2D eigenvalue weighted by Gasteiger charge is 2.46.